The van der Waals surface area contributed by atoms with Gasteiger partial charge >= 0.3 is 6.03 Å². The van der Waals surface area contributed by atoms with Gasteiger partial charge in [0.1, 0.15) is 5.54 Å². The van der Waals surface area contributed by atoms with Crippen molar-refractivity contribution in [2.24, 2.45) is 0 Å². The number of hydrogen-bond donors (Lipinski definition) is 3. The van der Waals surface area contributed by atoms with Gasteiger partial charge in [-0.05, 0) is 47.0 Å². The molecule has 0 aliphatic carbocycles. The molecule has 2 rings (SSSR count). The lowest BCUT2D eigenvalue weighted by Crippen LogP contribution is -2.68. The Balaban J connectivity index is 2.17. The van der Waals surface area contributed by atoms with Crippen LogP contribution in [0.2, 0.25) is 0 Å². The van der Waals surface area contributed by atoms with Gasteiger partial charge in [0.15, 0.2) is 5.12 Å². The van der Waals surface area contributed by atoms with Crippen LogP contribution in [0.3, 0.4) is 0 Å². The van der Waals surface area contributed by atoms with Gasteiger partial charge in [0.25, 0.3) is 5.91 Å². The quantitative estimate of drug-likeness (QED) is 0.539. The van der Waals surface area contributed by atoms with Crippen LogP contribution in [-0.4, -0.2) is 45.1 Å². The van der Waals surface area contributed by atoms with Crippen molar-refractivity contribution < 1.29 is 14.4 Å². The molecule has 22 heavy (non-hydrogen) atoms. The molecule has 0 radical (unpaired) electrons. The number of nitrogens with one attached hydrogen (secondary N) is 2. The number of rotatable bonds is 4. The summed E-state index contributed by atoms with van der Waals surface area (Å²) in [6.07, 6.45) is 1.81. The lowest BCUT2D eigenvalue weighted by atomic mass is 9.71. The summed E-state index contributed by atoms with van der Waals surface area (Å²) in [5.74, 6) is -0.174. The second kappa shape index (κ2) is 5.53. The molecular weight excluding hydrogens is 302 g/mol. The first kappa shape index (κ1) is 17.3. The molecule has 3 amide bonds. The van der Waals surface area contributed by atoms with Crippen molar-refractivity contribution >= 4 is 29.7 Å². The highest BCUT2D eigenvalue weighted by Crippen LogP contribution is 2.39. The summed E-state index contributed by atoms with van der Waals surface area (Å²) in [5.41, 5.74) is -1.34. The molecule has 2 aliphatic rings. The van der Waals surface area contributed by atoms with Gasteiger partial charge in [-0.25, -0.2) is 4.79 Å². The van der Waals surface area contributed by atoms with Crippen LogP contribution < -0.4 is 10.6 Å². The molecule has 0 aromatic heterocycles. The molecule has 2 saturated heterocycles. The van der Waals surface area contributed by atoms with Crippen molar-refractivity contribution in [3.05, 3.63) is 0 Å². The molecule has 124 valence electrons. The highest BCUT2D eigenvalue weighted by molar-refractivity contribution is 7.96. The monoisotopic (exact) mass is 327 g/mol. The Morgan fingerprint density at radius 1 is 1.18 bits per heavy atom. The van der Waals surface area contributed by atoms with E-state index in [1.54, 1.807) is 0 Å². The van der Waals surface area contributed by atoms with E-state index in [0.717, 1.165) is 0 Å². The van der Waals surface area contributed by atoms with E-state index in [2.05, 4.69) is 23.3 Å². The highest BCUT2D eigenvalue weighted by Gasteiger charge is 2.58. The van der Waals surface area contributed by atoms with Crippen LogP contribution in [-0.2, 0) is 9.59 Å². The van der Waals surface area contributed by atoms with Gasteiger partial charge in [0.05, 0.1) is 0 Å². The molecule has 0 saturated carbocycles. The number of urea groups is 1. The van der Waals surface area contributed by atoms with Gasteiger partial charge < -0.3 is 10.6 Å². The van der Waals surface area contributed by atoms with Crippen LogP contribution in [0, 0.1) is 0 Å². The van der Waals surface area contributed by atoms with Crippen LogP contribution in [0.5, 0.6) is 0 Å². The third-order valence-electron chi connectivity index (χ3n) is 4.18. The summed E-state index contributed by atoms with van der Waals surface area (Å²) in [7, 11) is 0. The lowest BCUT2D eigenvalue weighted by molar-refractivity contribution is -0.134. The van der Waals surface area contributed by atoms with Crippen LogP contribution >= 0.6 is 12.6 Å². The summed E-state index contributed by atoms with van der Waals surface area (Å²) in [6, 6.07) is -0.356. The minimum atomic E-state index is -0.847. The zero-order chi connectivity index (χ0) is 16.8. The Bertz CT molecular complexity index is 500. The van der Waals surface area contributed by atoms with E-state index in [-0.39, 0.29) is 41.1 Å². The van der Waals surface area contributed by atoms with E-state index in [1.165, 1.54) is 4.90 Å². The fraction of sp³-hybridized carbons (Fsp3) is 0.800. The average Bonchev–Trinajstić information content (AvgIpc) is 2.47. The summed E-state index contributed by atoms with van der Waals surface area (Å²) < 4.78 is 0. The number of piperidine rings is 1. The molecule has 0 atom stereocenters. The van der Waals surface area contributed by atoms with Gasteiger partial charge in [0, 0.05) is 24.0 Å². The minimum absolute atomic E-state index is 0.174. The zero-order valence-electron chi connectivity index (χ0n) is 13.7. The van der Waals surface area contributed by atoms with Gasteiger partial charge in [-0.3, -0.25) is 14.5 Å². The number of amides is 3. The van der Waals surface area contributed by atoms with Crippen molar-refractivity contribution in [1.29, 1.82) is 0 Å². The van der Waals surface area contributed by atoms with Crippen molar-refractivity contribution in [3.8, 4) is 0 Å². The fourth-order valence-electron chi connectivity index (χ4n) is 4.08. The number of hydrogen-bond acceptors (Lipinski definition) is 4. The Morgan fingerprint density at radius 3 is 2.23 bits per heavy atom. The van der Waals surface area contributed by atoms with Gasteiger partial charge in [-0.2, -0.15) is 0 Å². The van der Waals surface area contributed by atoms with E-state index in [1.807, 2.05) is 27.7 Å². The van der Waals surface area contributed by atoms with Crippen LogP contribution in [0.15, 0.2) is 0 Å². The predicted molar refractivity (Wildman–Crippen MR) is 86.7 cm³/mol. The van der Waals surface area contributed by atoms with Crippen molar-refractivity contribution in [3.63, 3.8) is 0 Å². The second-order valence-corrected chi connectivity index (χ2v) is 8.21. The van der Waals surface area contributed by atoms with Gasteiger partial charge in [-0.15, -0.1) is 12.6 Å². The van der Waals surface area contributed by atoms with Crippen LogP contribution in [0.25, 0.3) is 0 Å². The first-order valence-electron chi connectivity index (χ1n) is 7.62. The Labute approximate surface area is 136 Å². The van der Waals surface area contributed by atoms with E-state index in [0.29, 0.717) is 19.3 Å². The largest absolute Gasteiger partial charge is 0.325 e. The predicted octanol–water partition coefficient (Wildman–Crippen LogP) is 1.45. The first-order chi connectivity index (χ1) is 9.96. The number of carbonyl (C=O) groups excluding carboxylic acids is 3. The molecular formula is C15H25N3O3S. The molecule has 2 fully saturated rings. The topological polar surface area (TPSA) is 78.5 Å². The van der Waals surface area contributed by atoms with Crippen LogP contribution in [0.4, 0.5) is 4.79 Å². The van der Waals surface area contributed by atoms with Crippen LogP contribution in [0.1, 0.15) is 53.4 Å². The molecule has 6 nitrogen and oxygen atoms in total. The number of carbonyl (C=O) groups is 3. The molecule has 0 aromatic rings. The van der Waals surface area contributed by atoms with E-state index in [9.17, 15) is 14.4 Å². The Hall–Kier alpha value is -1.08. The minimum Gasteiger partial charge on any atom is -0.323 e. The number of thiol groups is 1. The fourth-order valence-corrected chi connectivity index (χ4v) is 4.24. The average molecular weight is 327 g/mol. The zero-order valence-corrected chi connectivity index (χ0v) is 14.5. The maximum Gasteiger partial charge on any atom is 0.325 e. The molecule has 0 aromatic carbocycles. The summed E-state index contributed by atoms with van der Waals surface area (Å²) >= 11 is 3.71. The van der Waals surface area contributed by atoms with E-state index in [4.69, 9.17) is 0 Å². The molecule has 1 spiro atoms. The first-order valence-corrected chi connectivity index (χ1v) is 8.06. The Morgan fingerprint density at radius 2 is 1.73 bits per heavy atom. The second-order valence-electron chi connectivity index (χ2n) is 7.71. The Kier molecular flexibility index (Phi) is 4.34. The normalized spacial score (nSPS) is 25.4. The maximum atomic E-state index is 12.9. The van der Waals surface area contributed by atoms with E-state index < -0.39 is 5.54 Å². The van der Waals surface area contributed by atoms with Crippen molar-refractivity contribution in [2.45, 2.75) is 70.0 Å². The molecule has 2 N–H and O–H groups in total. The summed E-state index contributed by atoms with van der Waals surface area (Å²) in [6.45, 7) is 8.41. The maximum absolute atomic E-state index is 12.9. The smallest absolute Gasteiger partial charge is 0.323 e. The van der Waals surface area contributed by atoms with Gasteiger partial charge in [0.2, 0.25) is 0 Å². The van der Waals surface area contributed by atoms with Crippen molar-refractivity contribution in [1.82, 2.24) is 15.5 Å². The third-order valence-corrected chi connectivity index (χ3v) is 4.41. The summed E-state index contributed by atoms with van der Waals surface area (Å²) in [5, 5.41) is 6.20. The lowest BCUT2D eigenvalue weighted by Gasteiger charge is -2.50. The number of nitrogens with zero attached hydrogens (tertiary/aromatic N) is 1. The molecule has 7 heteroatoms. The van der Waals surface area contributed by atoms with E-state index >= 15 is 0 Å². The number of imide groups is 1. The van der Waals surface area contributed by atoms with Gasteiger partial charge in [-0.1, -0.05) is 0 Å². The SMILES string of the molecule is CC1(C)CC2(CC(C)(C)N1)NC(=O)N(CCCC(=O)S)C2=O. The molecule has 2 aliphatic heterocycles. The summed E-state index contributed by atoms with van der Waals surface area (Å²) in [4.78, 5) is 37.2. The molecule has 0 bridgehead atoms. The molecule has 0 unspecified atom stereocenters. The third kappa shape index (κ3) is 3.46. The molecule has 2 heterocycles. The van der Waals surface area contributed by atoms with Crippen molar-refractivity contribution in [2.75, 3.05) is 6.54 Å². The highest BCUT2D eigenvalue weighted by atomic mass is 32.1. The standard InChI is InChI=1S/C15H25N3O3S/c1-13(2)8-15(9-14(3,4)17-13)11(20)18(12(21)16-15)7-5-6-10(19)22/h17H,5-9H2,1-4H3,(H,16,21)(H,19,22).